The van der Waals surface area contributed by atoms with Crippen molar-refractivity contribution in [3.05, 3.63) is 54.6 Å². The first kappa shape index (κ1) is 20.5. The molecule has 0 saturated heterocycles. The molecule has 0 unspecified atom stereocenters. The number of nitrogens with one attached hydrogen (secondary N) is 2. The lowest BCUT2D eigenvalue weighted by Crippen LogP contribution is -2.42. The van der Waals surface area contributed by atoms with Crippen LogP contribution in [-0.2, 0) is 9.59 Å². The molecule has 0 fully saturated rings. The fourth-order valence-corrected chi connectivity index (χ4v) is 2.48. The zero-order valence-corrected chi connectivity index (χ0v) is 16.1. The summed E-state index contributed by atoms with van der Waals surface area (Å²) in [6.07, 6.45) is 0. The van der Waals surface area contributed by atoms with Crippen molar-refractivity contribution in [2.75, 3.05) is 25.0 Å². The standard InChI is InChI=1S/C21H27N3O3/c1-4-24(14-20(25)22-16(2)3)15-21(26)23-17-10-12-19(13-11-17)27-18-8-6-5-7-9-18/h5-13,16H,4,14-15H2,1-3H3,(H,22,25)(H,23,26). The monoisotopic (exact) mass is 369 g/mol. The van der Waals surface area contributed by atoms with Gasteiger partial charge in [0, 0.05) is 11.7 Å². The number of ether oxygens (including phenoxy) is 1. The average Bonchev–Trinajstić information content (AvgIpc) is 2.63. The zero-order valence-electron chi connectivity index (χ0n) is 16.1. The highest BCUT2D eigenvalue weighted by Crippen LogP contribution is 2.22. The second-order valence-electron chi connectivity index (χ2n) is 6.51. The van der Waals surface area contributed by atoms with E-state index in [1.54, 1.807) is 29.2 Å². The molecule has 0 saturated carbocycles. The molecule has 0 spiro atoms. The molecule has 0 aliphatic rings. The van der Waals surface area contributed by atoms with Gasteiger partial charge >= 0.3 is 0 Å². The summed E-state index contributed by atoms with van der Waals surface area (Å²) < 4.78 is 5.73. The Labute approximate surface area is 160 Å². The van der Waals surface area contributed by atoms with Crippen LogP contribution in [0.5, 0.6) is 11.5 Å². The fourth-order valence-electron chi connectivity index (χ4n) is 2.48. The Morgan fingerprint density at radius 2 is 1.52 bits per heavy atom. The molecule has 144 valence electrons. The van der Waals surface area contributed by atoms with E-state index in [2.05, 4.69) is 10.6 Å². The Morgan fingerprint density at radius 1 is 0.926 bits per heavy atom. The number of amides is 2. The summed E-state index contributed by atoms with van der Waals surface area (Å²) in [5.74, 6) is 1.21. The van der Waals surface area contributed by atoms with Gasteiger partial charge in [0.25, 0.3) is 0 Å². The van der Waals surface area contributed by atoms with E-state index < -0.39 is 0 Å². The summed E-state index contributed by atoms with van der Waals surface area (Å²) in [6, 6.07) is 16.8. The van der Waals surface area contributed by atoms with E-state index in [0.29, 0.717) is 18.0 Å². The van der Waals surface area contributed by atoms with E-state index in [9.17, 15) is 9.59 Å². The number of carbonyl (C=O) groups excluding carboxylic acids is 2. The molecule has 0 radical (unpaired) electrons. The van der Waals surface area contributed by atoms with Crippen LogP contribution in [0, 0.1) is 0 Å². The molecule has 2 rings (SSSR count). The van der Waals surface area contributed by atoms with Gasteiger partial charge < -0.3 is 15.4 Å². The van der Waals surface area contributed by atoms with Gasteiger partial charge in [-0.15, -0.1) is 0 Å². The van der Waals surface area contributed by atoms with E-state index in [-0.39, 0.29) is 30.9 Å². The molecule has 2 N–H and O–H groups in total. The van der Waals surface area contributed by atoms with Crippen molar-refractivity contribution >= 4 is 17.5 Å². The molecule has 0 aromatic heterocycles. The van der Waals surface area contributed by atoms with Crippen LogP contribution in [0.1, 0.15) is 20.8 Å². The Hall–Kier alpha value is -2.86. The van der Waals surface area contributed by atoms with Crippen molar-refractivity contribution in [2.45, 2.75) is 26.8 Å². The number of rotatable bonds is 9. The molecule has 0 aliphatic carbocycles. The lowest BCUT2D eigenvalue weighted by Gasteiger charge is -2.20. The predicted octanol–water partition coefficient (Wildman–Crippen LogP) is 3.26. The van der Waals surface area contributed by atoms with Gasteiger partial charge in [-0.25, -0.2) is 0 Å². The van der Waals surface area contributed by atoms with Crippen LogP contribution < -0.4 is 15.4 Å². The largest absolute Gasteiger partial charge is 0.457 e. The number of benzene rings is 2. The topological polar surface area (TPSA) is 70.7 Å². The van der Waals surface area contributed by atoms with Crippen molar-refractivity contribution in [2.24, 2.45) is 0 Å². The second kappa shape index (κ2) is 10.3. The van der Waals surface area contributed by atoms with Gasteiger partial charge in [-0.3, -0.25) is 14.5 Å². The van der Waals surface area contributed by atoms with Crippen molar-refractivity contribution < 1.29 is 14.3 Å². The number of carbonyl (C=O) groups is 2. The molecule has 0 aliphatic heterocycles. The van der Waals surface area contributed by atoms with E-state index >= 15 is 0 Å². The van der Waals surface area contributed by atoms with Gasteiger partial charge in [0.2, 0.25) is 11.8 Å². The minimum Gasteiger partial charge on any atom is -0.457 e. The van der Waals surface area contributed by atoms with Gasteiger partial charge in [-0.2, -0.15) is 0 Å². The molecule has 2 aromatic carbocycles. The number of nitrogens with zero attached hydrogens (tertiary/aromatic N) is 1. The first-order valence-electron chi connectivity index (χ1n) is 9.10. The average molecular weight is 369 g/mol. The summed E-state index contributed by atoms with van der Waals surface area (Å²) in [4.78, 5) is 25.9. The summed E-state index contributed by atoms with van der Waals surface area (Å²) in [6.45, 7) is 6.71. The van der Waals surface area contributed by atoms with E-state index in [0.717, 1.165) is 5.75 Å². The molecular formula is C21H27N3O3. The maximum Gasteiger partial charge on any atom is 0.238 e. The number of likely N-dealkylation sites (N-methyl/N-ethyl adjacent to an activating group) is 1. The van der Waals surface area contributed by atoms with Crippen LogP contribution in [0.15, 0.2) is 54.6 Å². The molecular weight excluding hydrogens is 342 g/mol. The lowest BCUT2D eigenvalue weighted by atomic mass is 10.3. The van der Waals surface area contributed by atoms with Crippen molar-refractivity contribution in [1.82, 2.24) is 10.2 Å². The highest BCUT2D eigenvalue weighted by atomic mass is 16.5. The summed E-state index contributed by atoms with van der Waals surface area (Å²) in [7, 11) is 0. The third-order valence-electron chi connectivity index (χ3n) is 3.75. The summed E-state index contributed by atoms with van der Waals surface area (Å²) >= 11 is 0. The first-order chi connectivity index (χ1) is 13.0. The zero-order chi connectivity index (χ0) is 19.6. The van der Waals surface area contributed by atoms with Crippen molar-refractivity contribution in [3.63, 3.8) is 0 Å². The first-order valence-corrected chi connectivity index (χ1v) is 9.10. The third kappa shape index (κ3) is 7.50. The van der Waals surface area contributed by atoms with Crippen molar-refractivity contribution in [1.29, 1.82) is 0 Å². The van der Waals surface area contributed by atoms with Crippen LogP contribution in [0.25, 0.3) is 0 Å². The molecule has 2 amide bonds. The number of hydrogen-bond acceptors (Lipinski definition) is 4. The highest BCUT2D eigenvalue weighted by molar-refractivity contribution is 5.92. The van der Waals surface area contributed by atoms with Crippen molar-refractivity contribution in [3.8, 4) is 11.5 Å². The Morgan fingerprint density at radius 3 is 2.11 bits per heavy atom. The van der Waals surface area contributed by atoms with E-state index in [4.69, 9.17) is 4.74 Å². The minimum atomic E-state index is -0.161. The molecule has 6 heteroatoms. The number of anilines is 1. The molecule has 0 atom stereocenters. The minimum absolute atomic E-state index is 0.0814. The maximum absolute atomic E-state index is 12.2. The molecule has 2 aromatic rings. The van der Waals surface area contributed by atoms with Gasteiger partial charge in [0.05, 0.1) is 13.1 Å². The van der Waals surface area contributed by atoms with Crippen LogP contribution in [-0.4, -0.2) is 42.4 Å². The van der Waals surface area contributed by atoms with Gasteiger partial charge in [-0.05, 0) is 56.8 Å². The Bertz CT molecular complexity index is 730. The molecule has 6 nitrogen and oxygen atoms in total. The summed E-state index contributed by atoms with van der Waals surface area (Å²) in [5.41, 5.74) is 0.683. The van der Waals surface area contributed by atoms with Crippen LogP contribution >= 0.6 is 0 Å². The maximum atomic E-state index is 12.2. The van der Waals surface area contributed by atoms with Gasteiger partial charge in [0.1, 0.15) is 11.5 Å². The third-order valence-corrected chi connectivity index (χ3v) is 3.75. The quantitative estimate of drug-likeness (QED) is 0.712. The smallest absolute Gasteiger partial charge is 0.238 e. The van der Waals surface area contributed by atoms with Gasteiger partial charge in [0.15, 0.2) is 0 Å². The van der Waals surface area contributed by atoms with Gasteiger partial charge in [-0.1, -0.05) is 25.1 Å². The normalized spacial score (nSPS) is 10.7. The summed E-state index contributed by atoms with van der Waals surface area (Å²) in [5, 5.41) is 5.67. The fraction of sp³-hybridized carbons (Fsp3) is 0.333. The Kier molecular flexibility index (Phi) is 7.82. The van der Waals surface area contributed by atoms with E-state index in [1.165, 1.54) is 0 Å². The second-order valence-corrected chi connectivity index (χ2v) is 6.51. The number of hydrogen-bond donors (Lipinski definition) is 2. The number of para-hydroxylation sites is 1. The molecule has 27 heavy (non-hydrogen) atoms. The van der Waals surface area contributed by atoms with E-state index in [1.807, 2.05) is 51.1 Å². The lowest BCUT2D eigenvalue weighted by molar-refractivity contribution is -0.123. The molecule has 0 heterocycles. The Balaban J connectivity index is 1.84. The molecule has 0 bridgehead atoms. The van der Waals surface area contributed by atoms with Crippen LogP contribution in [0.4, 0.5) is 5.69 Å². The highest BCUT2D eigenvalue weighted by Gasteiger charge is 2.13. The van der Waals surface area contributed by atoms with Crippen LogP contribution in [0.3, 0.4) is 0 Å². The van der Waals surface area contributed by atoms with Crippen LogP contribution in [0.2, 0.25) is 0 Å². The SMILES string of the molecule is CCN(CC(=O)Nc1ccc(Oc2ccccc2)cc1)CC(=O)NC(C)C. The predicted molar refractivity (Wildman–Crippen MR) is 107 cm³/mol.